The van der Waals surface area contributed by atoms with Crippen molar-refractivity contribution in [3.05, 3.63) is 22.8 Å². The normalized spacial score (nSPS) is 47.2. The van der Waals surface area contributed by atoms with E-state index in [2.05, 4.69) is 15.9 Å². The number of esters is 2. The Balaban J connectivity index is 1.89. The highest BCUT2D eigenvalue weighted by Gasteiger charge is 2.73. The van der Waals surface area contributed by atoms with E-state index in [4.69, 9.17) is 21.1 Å². The van der Waals surface area contributed by atoms with Gasteiger partial charge in [0.05, 0.1) is 4.83 Å². The zero-order valence-electron chi connectivity index (χ0n) is 17.4. The van der Waals surface area contributed by atoms with Crippen LogP contribution < -0.4 is 0 Å². The number of hydrogen-bond donors (Lipinski definition) is 1. The molecule has 0 aromatic carbocycles. The fourth-order valence-corrected chi connectivity index (χ4v) is 8.36. The van der Waals surface area contributed by atoms with Gasteiger partial charge < -0.3 is 14.6 Å². The monoisotopic (exact) mass is 500 g/mol. The first-order chi connectivity index (χ1) is 13.9. The Morgan fingerprint density at radius 2 is 2.00 bits per heavy atom. The molecular formula is C22H26BrClO6. The molecule has 4 aliphatic rings. The van der Waals surface area contributed by atoms with Gasteiger partial charge in [0.15, 0.2) is 5.78 Å². The van der Waals surface area contributed by atoms with E-state index < -0.39 is 39.3 Å². The maximum atomic E-state index is 12.7. The van der Waals surface area contributed by atoms with Crippen molar-refractivity contribution in [3.8, 4) is 0 Å². The first kappa shape index (κ1) is 22.0. The molecule has 1 unspecified atom stereocenters. The van der Waals surface area contributed by atoms with Gasteiger partial charge in [-0.2, -0.15) is 0 Å². The van der Waals surface area contributed by atoms with Crippen molar-refractivity contribution in [3.63, 3.8) is 0 Å². The van der Waals surface area contributed by atoms with Crippen LogP contribution in [0.25, 0.3) is 0 Å². The number of ether oxygens (including phenoxy) is 2. The molecule has 0 radical (unpaired) electrons. The van der Waals surface area contributed by atoms with E-state index in [1.807, 2.05) is 19.9 Å². The lowest BCUT2D eigenvalue weighted by molar-refractivity contribution is -0.162. The molecule has 0 spiro atoms. The minimum absolute atomic E-state index is 0.0597. The van der Waals surface area contributed by atoms with Gasteiger partial charge in [-0.3, -0.25) is 9.59 Å². The molecule has 1 aliphatic heterocycles. The first-order valence-electron chi connectivity index (χ1n) is 10.2. The third kappa shape index (κ3) is 2.67. The summed E-state index contributed by atoms with van der Waals surface area (Å²) in [6.45, 7) is 6.88. The van der Waals surface area contributed by atoms with Gasteiger partial charge in [-0.05, 0) is 37.2 Å². The third-order valence-electron chi connectivity index (χ3n) is 8.15. The van der Waals surface area contributed by atoms with Crippen molar-refractivity contribution < 1.29 is 29.0 Å². The van der Waals surface area contributed by atoms with Gasteiger partial charge in [0.1, 0.15) is 18.3 Å². The highest BCUT2D eigenvalue weighted by Crippen LogP contribution is 2.68. The molecule has 0 bridgehead atoms. The summed E-state index contributed by atoms with van der Waals surface area (Å²) in [5.41, 5.74) is -2.21. The van der Waals surface area contributed by atoms with E-state index in [9.17, 15) is 19.5 Å². The lowest BCUT2D eigenvalue weighted by atomic mass is 9.49. The van der Waals surface area contributed by atoms with Crippen LogP contribution in [-0.4, -0.2) is 46.0 Å². The highest BCUT2D eigenvalue weighted by atomic mass is 79.9. The molecule has 2 fully saturated rings. The van der Waals surface area contributed by atoms with Crippen molar-refractivity contribution in [1.82, 2.24) is 0 Å². The average molecular weight is 502 g/mol. The fourth-order valence-electron chi connectivity index (χ4n) is 6.67. The number of halogens is 2. The minimum atomic E-state index is -1.68. The van der Waals surface area contributed by atoms with Crippen LogP contribution in [0.2, 0.25) is 0 Å². The van der Waals surface area contributed by atoms with Crippen LogP contribution in [0.5, 0.6) is 0 Å². The van der Waals surface area contributed by atoms with Gasteiger partial charge in [-0.1, -0.05) is 47.5 Å². The Hall–Kier alpha value is -1.18. The maximum absolute atomic E-state index is 12.7. The Bertz CT molecular complexity index is 898. The van der Waals surface area contributed by atoms with Crippen LogP contribution in [0.3, 0.4) is 0 Å². The van der Waals surface area contributed by atoms with Crippen LogP contribution in [0.1, 0.15) is 40.5 Å². The molecule has 3 aliphatic carbocycles. The van der Waals surface area contributed by atoms with E-state index in [0.29, 0.717) is 17.9 Å². The Morgan fingerprint density at radius 3 is 2.60 bits per heavy atom. The largest absolute Gasteiger partial charge is 0.462 e. The lowest BCUT2D eigenvalue weighted by Gasteiger charge is -2.56. The van der Waals surface area contributed by atoms with Gasteiger partial charge in [0, 0.05) is 34.8 Å². The summed E-state index contributed by atoms with van der Waals surface area (Å²) in [7, 11) is 0. The quantitative estimate of drug-likeness (QED) is 0.461. The van der Waals surface area contributed by atoms with Gasteiger partial charge in [-0.25, -0.2) is 4.79 Å². The van der Waals surface area contributed by atoms with Crippen molar-refractivity contribution in [2.45, 2.75) is 57.1 Å². The van der Waals surface area contributed by atoms with E-state index in [1.165, 1.54) is 19.9 Å². The summed E-state index contributed by atoms with van der Waals surface area (Å²) in [6.07, 6.45) is 3.96. The molecule has 8 heteroatoms. The smallest absolute Gasteiger partial charge is 0.331 e. The summed E-state index contributed by atoms with van der Waals surface area (Å²) in [5.74, 6) is -1.65. The number of hydrogen-bond acceptors (Lipinski definition) is 6. The summed E-state index contributed by atoms with van der Waals surface area (Å²) in [5, 5.41) is 12.1. The number of cyclic esters (lactones) is 1. The van der Waals surface area contributed by atoms with Crippen LogP contribution in [0.4, 0.5) is 0 Å². The fraction of sp³-hybridized carbons (Fsp3) is 0.682. The molecule has 30 heavy (non-hydrogen) atoms. The number of Topliss-reactive ketones (excluding diaryl/α,β-unsaturated/α-hetero) is 1. The topological polar surface area (TPSA) is 89.9 Å². The van der Waals surface area contributed by atoms with E-state index in [-0.39, 0.29) is 30.1 Å². The average Bonchev–Trinajstić information content (AvgIpc) is 2.82. The summed E-state index contributed by atoms with van der Waals surface area (Å²) in [6, 6.07) is 0. The number of allylic oxidation sites excluding steroid dienone is 2. The third-order valence-corrected chi connectivity index (χ3v) is 9.66. The van der Waals surface area contributed by atoms with Gasteiger partial charge in [0.25, 0.3) is 0 Å². The summed E-state index contributed by atoms with van der Waals surface area (Å²) < 4.78 is 11.1. The van der Waals surface area contributed by atoms with Crippen LogP contribution in [-0.2, 0) is 23.9 Å². The SMILES string of the molecule is CC(=O)OC1[C@@H](Br)[C@](O)(C(C)=O)[C@@]2(C)CC[C@H]3[C@@H](C=C(Cl)C4=CC(=O)OC[C@@]43C)[C@H]12. The second-order valence-corrected chi connectivity index (χ2v) is 11.0. The van der Waals surface area contributed by atoms with E-state index >= 15 is 0 Å². The predicted octanol–water partition coefficient (Wildman–Crippen LogP) is 3.29. The molecule has 1 heterocycles. The minimum Gasteiger partial charge on any atom is -0.462 e. The van der Waals surface area contributed by atoms with Crippen molar-refractivity contribution in [2.24, 2.45) is 28.6 Å². The van der Waals surface area contributed by atoms with Crippen LogP contribution in [0.15, 0.2) is 22.8 Å². The molecule has 8 atom stereocenters. The number of rotatable bonds is 2. The Morgan fingerprint density at radius 1 is 1.33 bits per heavy atom. The van der Waals surface area contributed by atoms with E-state index in [1.54, 1.807) is 0 Å². The molecular weight excluding hydrogens is 476 g/mol. The highest BCUT2D eigenvalue weighted by molar-refractivity contribution is 9.09. The Labute approximate surface area is 189 Å². The molecule has 2 saturated carbocycles. The van der Waals surface area contributed by atoms with Gasteiger partial charge in [0.2, 0.25) is 0 Å². The molecule has 164 valence electrons. The maximum Gasteiger partial charge on any atom is 0.331 e. The zero-order valence-corrected chi connectivity index (χ0v) is 19.7. The van der Waals surface area contributed by atoms with E-state index in [0.717, 1.165) is 5.57 Å². The van der Waals surface area contributed by atoms with Crippen molar-refractivity contribution >= 4 is 45.3 Å². The molecule has 0 aromatic heterocycles. The summed E-state index contributed by atoms with van der Waals surface area (Å²) in [4.78, 5) is 35.8. The van der Waals surface area contributed by atoms with Crippen molar-refractivity contribution in [2.75, 3.05) is 6.61 Å². The lowest BCUT2D eigenvalue weighted by Crippen LogP contribution is -2.59. The predicted molar refractivity (Wildman–Crippen MR) is 113 cm³/mol. The van der Waals surface area contributed by atoms with Gasteiger partial charge in [-0.15, -0.1) is 0 Å². The molecule has 1 N–H and O–H groups in total. The number of ketones is 1. The first-order valence-corrected chi connectivity index (χ1v) is 11.5. The second-order valence-electron chi connectivity index (χ2n) is 9.56. The van der Waals surface area contributed by atoms with Crippen molar-refractivity contribution in [1.29, 1.82) is 0 Å². The molecule has 6 nitrogen and oxygen atoms in total. The van der Waals surface area contributed by atoms with Crippen LogP contribution in [0, 0.1) is 28.6 Å². The molecule has 0 aromatic rings. The van der Waals surface area contributed by atoms with Crippen LogP contribution >= 0.6 is 27.5 Å². The number of aliphatic hydroxyl groups is 1. The number of alkyl halides is 1. The zero-order chi connectivity index (χ0) is 22.2. The summed E-state index contributed by atoms with van der Waals surface area (Å²) >= 11 is 10.2. The Kier molecular flexibility index (Phi) is 5.07. The second kappa shape index (κ2) is 6.91. The number of carbonyl (C=O) groups excluding carboxylic acids is 3. The number of fused-ring (bicyclic) bond motifs is 5. The molecule has 0 amide bonds. The number of carbonyl (C=O) groups is 3. The molecule has 4 rings (SSSR count). The van der Waals surface area contributed by atoms with Gasteiger partial charge >= 0.3 is 11.9 Å². The standard InChI is InChI=1S/C22H26BrClO6/c1-10(25)22(28)19(23)18(30-11(2)26)17-12-7-15(24)14-8-16(27)29-9-20(14,3)13(12)5-6-21(17,22)4/h7-8,12-13,17-19,28H,5-6,9H2,1-4H3/t12-,13+,17-,18?,19-,20-,21+,22-/m1/s1. The molecule has 0 saturated heterocycles.